The number of nitrogen functional groups attached to an aromatic ring is 1. The maximum atomic E-state index is 12.3. The van der Waals surface area contributed by atoms with E-state index in [1.807, 2.05) is 26.8 Å². The maximum absolute atomic E-state index is 12.3. The summed E-state index contributed by atoms with van der Waals surface area (Å²) in [4.78, 5) is 17.3. The van der Waals surface area contributed by atoms with Crippen LogP contribution in [0.3, 0.4) is 0 Å². The van der Waals surface area contributed by atoms with Gasteiger partial charge in [-0.05, 0) is 44.5 Å². The lowest BCUT2D eigenvalue weighted by Gasteiger charge is -2.04. The Morgan fingerprint density at radius 3 is 2.53 bits per heavy atom. The van der Waals surface area contributed by atoms with Crippen molar-refractivity contribution in [2.75, 3.05) is 5.73 Å². The van der Waals surface area contributed by atoms with E-state index in [1.165, 1.54) is 11.3 Å². The summed E-state index contributed by atoms with van der Waals surface area (Å²) in [5, 5.41) is 0.916. The standard InChI is InChI=1S/C13H14N2OS/c1-7-6-10(14)4-5-11(7)12(16)13-8(2)15-9(3)17-13/h4-6H,14H2,1-3H3. The summed E-state index contributed by atoms with van der Waals surface area (Å²) < 4.78 is 0. The van der Waals surface area contributed by atoms with Gasteiger partial charge in [0.25, 0.3) is 0 Å². The zero-order valence-corrected chi connectivity index (χ0v) is 10.9. The fourth-order valence-electron chi connectivity index (χ4n) is 1.81. The number of nitrogens with two attached hydrogens (primary N) is 1. The molecule has 0 unspecified atom stereocenters. The molecule has 0 aliphatic heterocycles. The number of benzene rings is 1. The number of hydrogen-bond acceptors (Lipinski definition) is 4. The minimum atomic E-state index is 0.0330. The lowest BCUT2D eigenvalue weighted by atomic mass is 10.0. The van der Waals surface area contributed by atoms with Gasteiger partial charge in [0, 0.05) is 11.3 Å². The van der Waals surface area contributed by atoms with Crippen LogP contribution in [0.15, 0.2) is 18.2 Å². The number of ketones is 1. The third-order valence-electron chi connectivity index (χ3n) is 2.60. The molecule has 2 aromatic rings. The minimum Gasteiger partial charge on any atom is -0.399 e. The van der Waals surface area contributed by atoms with Gasteiger partial charge in [0.05, 0.1) is 15.6 Å². The minimum absolute atomic E-state index is 0.0330. The van der Waals surface area contributed by atoms with E-state index in [0.29, 0.717) is 11.3 Å². The summed E-state index contributed by atoms with van der Waals surface area (Å²) in [6, 6.07) is 5.35. The maximum Gasteiger partial charge on any atom is 0.205 e. The number of carbonyl (C=O) groups is 1. The normalized spacial score (nSPS) is 10.5. The number of anilines is 1. The van der Waals surface area contributed by atoms with E-state index < -0.39 is 0 Å². The van der Waals surface area contributed by atoms with Crippen molar-refractivity contribution in [2.45, 2.75) is 20.8 Å². The molecule has 1 heterocycles. The predicted octanol–water partition coefficient (Wildman–Crippen LogP) is 2.88. The second-order valence-electron chi connectivity index (χ2n) is 4.05. The second-order valence-corrected chi connectivity index (χ2v) is 5.25. The smallest absolute Gasteiger partial charge is 0.205 e. The summed E-state index contributed by atoms with van der Waals surface area (Å²) in [6.07, 6.45) is 0. The molecule has 4 heteroatoms. The first-order valence-corrected chi connectivity index (χ1v) is 6.15. The lowest BCUT2D eigenvalue weighted by Crippen LogP contribution is -2.04. The number of aryl methyl sites for hydroxylation is 3. The van der Waals surface area contributed by atoms with Gasteiger partial charge in [-0.15, -0.1) is 11.3 Å². The number of rotatable bonds is 2. The topological polar surface area (TPSA) is 56.0 Å². The number of aromatic nitrogens is 1. The van der Waals surface area contributed by atoms with Gasteiger partial charge >= 0.3 is 0 Å². The van der Waals surface area contributed by atoms with Crippen molar-refractivity contribution in [1.82, 2.24) is 4.98 Å². The number of hydrogen-bond donors (Lipinski definition) is 1. The van der Waals surface area contributed by atoms with Crippen LogP contribution in [-0.4, -0.2) is 10.8 Å². The Hall–Kier alpha value is -1.68. The number of nitrogens with zero attached hydrogens (tertiary/aromatic N) is 1. The van der Waals surface area contributed by atoms with Gasteiger partial charge in [0.15, 0.2) is 0 Å². The second kappa shape index (κ2) is 4.30. The quantitative estimate of drug-likeness (QED) is 0.654. The first kappa shape index (κ1) is 11.8. The highest BCUT2D eigenvalue weighted by atomic mass is 32.1. The van der Waals surface area contributed by atoms with Crippen molar-refractivity contribution in [2.24, 2.45) is 0 Å². The van der Waals surface area contributed by atoms with E-state index >= 15 is 0 Å². The molecule has 0 fully saturated rings. The van der Waals surface area contributed by atoms with Crippen molar-refractivity contribution < 1.29 is 4.79 Å². The Bertz CT molecular complexity index is 587. The Morgan fingerprint density at radius 2 is 2.00 bits per heavy atom. The Balaban J connectivity index is 2.47. The van der Waals surface area contributed by atoms with Crippen LogP contribution in [0.25, 0.3) is 0 Å². The van der Waals surface area contributed by atoms with Crippen molar-refractivity contribution >= 4 is 22.8 Å². The molecule has 0 saturated carbocycles. The summed E-state index contributed by atoms with van der Waals surface area (Å²) in [6.45, 7) is 5.67. The third kappa shape index (κ3) is 2.22. The molecule has 0 aliphatic rings. The molecular weight excluding hydrogens is 232 g/mol. The van der Waals surface area contributed by atoms with Crippen LogP contribution >= 0.6 is 11.3 Å². The van der Waals surface area contributed by atoms with E-state index in [9.17, 15) is 4.79 Å². The third-order valence-corrected chi connectivity index (χ3v) is 3.68. The van der Waals surface area contributed by atoms with Crippen LogP contribution < -0.4 is 5.73 Å². The van der Waals surface area contributed by atoms with E-state index in [4.69, 9.17) is 5.73 Å². The molecule has 0 amide bonds. The molecule has 1 aromatic carbocycles. The van der Waals surface area contributed by atoms with Crippen LogP contribution in [0.5, 0.6) is 0 Å². The molecule has 17 heavy (non-hydrogen) atoms. The summed E-state index contributed by atoms with van der Waals surface area (Å²) in [5.74, 6) is 0.0330. The zero-order chi connectivity index (χ0) is 12.6. The number of thiazole rings is 1. The molecule has 0 saturated heterocycles. The van der Waals surface area contributed by atoms with Gasteiger partial charge < -0.3 is 5.73 Å². The Morgan fingerprint density at radius 1 is 1.29 bits per heavy atom. The Kier molecular flexibility index (Phi) is 2.98. The van der Waals surface area contributed by atoms with E-state index in [-0.39, 0.29) is 5.78 Å². The highest BCUT2D eigenvalue weighted by Gasteiger charge is 2.17. The van der Waals surface area contributed by atoms with Crippen molar-refractivity contribution in [3.63, 3.8) is 0 Å². The SMILES string of the molecule is Cc1nc(C)c(C(=O)c2ccc(N)cc2C)s1. The van der Waals surface area contributed by atoms with Gasteiger partial charge in [-0.2, -0.15) is 0 Å². The van der Waals surface area contributed by atoms with Gasteiger partial charge in [0.2, 0.25) is 5.78 Å². The molecule has 0 spiro atoms. The zero-order valence-electron chi connectivity index (χ0n) is 10.1. The first-order chi connectivity index (χ1) is 7.99. The molecule has 88 valence electrons. The van der Waals surface area contributed by atoms with Crippen molar-refractivity contribution in [3.05, 3.63) is 44.9 Å². The first-order valence-electron chi connectivity index (χ1n) is 5.34. The fraction of sp³-hybridized carbons (Fsp3) is 0.231. The van der Waals surface area contributed by atoms with E-state index in [0.717, 1.165) is 21.1 Å². The number of carbonyl (C=O) groups excluding carboxylic acids is 1. The van der Waals surface area contributed by atoms with Gasteiger partial charge in [-0.1, -0.05) is 0 Å². The van der Waals surface area contributed by atoms with E-state index in [1.54, 1.807) is 12.1 Å². The lowest BCUT2D eigenvalue weighted by molar-refractivity contribution is 0.104. The predicted molar refractivity (Wildman–Crippen MR) is 70.6 cm³/mol. The molecule has 0 aliphatic carbocycles. The highest BCUT2D eigenvalue weighted by Crippen LogP contribution is 2.23. The summed E-state index contributed by atoms with van der Waals surface area (Å²) in [5.41, 5.74) is 8.76. The summed E-state index contributed by atoms with van der Waals surface area (Å²) in [7, 11) is 0. The Labute approximate surface area is 104 Å². The van der Waals surface area contributed by atoms with Crippen LogP contribution in [0.2, 0.25) is 0 Å². The van der Waals surface area contributed by atoms with Crippen molar-refractivity contribution in [1.29, 1.82) is 0 Å². The van der Waals surface area contributed by atoms with Gasteiger partial charge in [-0.25, -0.2) is 4.98 Å². The fourth-order valence-corrected chi connectivity index (χ4v) is 2.68. The molecule has 0 bridgehead atoms. The molecule has 0 radical (unpaired) electrons. The van der Waals surface area contributed by atoms with Crippen LogP contribution in [0.1, 0.15) is 31.5 Å². The molecule has 1 aromatic heterocycles. The van der Waals surface area contributed by atoms with Crippen molar-refractivity contribution in [3.8, 4) is 0 Å². The van der Waals surface area contributed by atoms with Gasteiger partial charge in [-0.3, -0.25) is 4.79 Å². The van der Waals surface area contributed by atoms with E-state index in [2.05, 4.69) is 4.98 Å². The monoisotopic (exact) mass is 246 g/mol. The average molecular weight is 246 g/mol. The van der Waals surface area contributed by atoms with Gasteiger partial charge in [0.1, 0.15) is 0 Å². The van der Waals surface area contributed by atoms with Crippen LogP contribution in [-0.2, 0) is 0 Å². The highest BCUT2D eigenvalue weighted by molar-refractivity contribution is 7.14. The molecule has 2 N–H and O–H groups in total. The van der Waals surface area contributed by atoms with Crippen LogP contribution in [0.4, 0.5) is 5.69 Å². The largest absolute Gasteiger partial charge is 0.399 e. The molecule has 0 atom stereocenters. The molecule has 3 nitrogen and oxygen atoms in total. The molecular formula is C13H14N2OS. The summed E-state index contributed by atoms with van der Waals surface area (Å²) >= 11 is 1.44. The molecule has 2 rings (SSSR count). The van der Waals surface area contributed by atoms with Crippen LogP contribution in [0, 0.1) is 20.8 Å². The average Bonchev–Trinajstić information content (AvgIpc) is 2.57.